The van der Waals surface area contributed by atoms with Crippen LogP contribution in [0.3, 0.4) is 0 Å². The summed E-state index contributed by atoms with van der Waals surface area (Å²) in [6.45, 7) is 1.09. The summed E-state index contributed by atoms with van der Waals surface area (Å²) in [5, 5.41) is 15.0. The number of nitrogens with zero attached hydrogens (tertiary/aromatic N) is 3. The third-order valence-corrected chi connectivity index (χ3v) is 4.99. The number of carbonyl (C=O) groups is 1. The molecule has 0 radical (unpaired) electrons. The van der Waals surface area contributed by atoms with Gasteiger partial charge in [-0.15, -0.1) is 0 Å². The van der Waals surface area contributed by atoms with E-state index in [1.807, 2.05) is 6.07 Å². The number of hydrogen-bond acceptors (Lipinski definition) is 5. The number of aromatic nitrogens is 1. The summed E-state index contributed by atoms with van der Waals surface area (Å²) in [5.41, 5.74) is 6.37. The molecular formula is C13H18N4O3. The lowest BCUT2D eigenvalue weighted by Crippen LogP contribution is -2.41. The van der Waals surface area contributed by atoms with Crippen LogP contribution in [0.15, 0.2) is 10.6 Å². The Balaban J connectivity index is 1.65. The Morgan fingerprint density at radius 2 is 2.35 bits per heavy atom. The van der Waals surface area contributed by atoms with Crippen LogP contribution < -0.4 is 5.73 Å². The van der Waals surface area contributed by atoms with E-state index in [0.717, 1.165) is 35.8 Å². The van der Waals surface area contributed by atoms with Crippen molar-refractivity contribution >= 4 is 6.03 Å². The van der Waals surface area contributed by atoms with Gasteiger partial charge in [0.05, 0.1) is 12.1 Å². The van der Waals surface area contributed by atoms with Gasteiger partial charge in [0.25, 0.3) is 0 Å². The molecule has 2 aliphatic heterocycles. The van der Waals surface area contributed by atoms with Crippen LogP contribution >= 0.6 is 0 Å². The number of rotatable bonds is 3. The first kappa shape index (κ1) is 12.2. The van der Waals surface area contributed by atoms with Gasteiger partial charge in [-0.1, -0.05) is 5.16 Å². The first-order valence-electron chi connectivity index (χ1n) is 7.09. The van der Waals surface area contributed by atoms with Crippen LogP contribution in [0.1, 0.15) is 36.8 Å². The molecule has 3 aliphatic rings. The van der Waals surface area contributed by atoms with Gasteiger partial charge in [0, 0.05) is 19.0 Å². The average molecular weight is 278 g/mol. The smallest absolute Gasteiger partial charge is 0.344 e. The topological polar surface area (TPSA) is 95.8 Å². The molecule has 1 spiro atoms. The molecule has 1 aromatic heterocycles. The van der Waals surface area contributed by atoms with E-state index in [9.17, 15) is 10.0 Å². The van der Waals surface area contributed by atoms with Gasteiger partial charge in [-0.2, -0.15) is 0 Å². The molecule has 7 nitrogen and oxygen atoms in total. The van der Waals surface area contributed by atoms with E-state index < -0.39 is 0 Å². The van der Waals surface area contributed by atoms with Gasteiger partial charge in [0.1, 0.15) is 11.5 Å². The molecule has 7 heteroatoms. The van der Waals surface area contributed by atoms with Crippen molar-refractivity contribution in [1.29, 1.82) is 0 Å². The summed E-state index contributed by atoms with van der Waals surface area (Å²) in [7, 11) is 0. The Morgan fingerprint density at radius 1 is 1.55 bits per heavy atom. The summed E-state index contributed by atoms with van der Waals surface area (Å²) in [5.74, 6) is 0.752. The lowest BCUT2D eigenvalue weighted by molar-refractivity contribution is -0.0782. The molecule has 20 heavy (non-hydrogen) atoms. The molecule has 2 amide bonds. The number of carbonyl (C=O) groups excluding carboxylic acids is 1. The molecule has 1 unspecified atom stereocenters. The summed E-state index contributed by atoms with van der Waals surface area (Å²) < 4.78 is 5.27. The van der Waals surface area contributed by atoms with Gasteiger partial charge in [-0.25, -0.2) is 9.86 Å². The third-order valence-electron chi connectivity index (χ3n) is 4.99. The van der Waals surface area contributed by atoms with Crippen molar-refractivity contribution in [3.05, 3.63) is 17.5 Å². The summed E-state index contributed by atoms with van der Waals surface area (Å²) >= 11 is 0. The zero-order chi connectivity index (χ0) is 13.9. The van der Waals surface area contributed by atoms with Crippen molar-refractivity contribution in [3.63, 3.8) is 0 Å². The lowest BCUT2D eigenvalue weighted by Gasteiger charge is -2.35. The second-order valence-corrected chi connectivity index (χ2v) is 6.13. The van der Waals surface area contributed by atoms with Gasteiger partial charge in [-0.05, 0) is 31.2 Å². The van der Waals surface area contributed by atoms with Crippen LogP contribution in [0.2, 0.25) is 0 Å². The lowest BCUT2D eigenvalue weighted by atomic mass is 9.84. The van der Waals surface area contributed by atoms with Crippen molar-refractivity contribution in [1.82, 2.24) is 15.1 Å². The van der Waals surface area contributed by atoms with E-state index in [0.29, 0.717) is 19.5 Å². The second kappa shape index (κ2) is 3.95. The molecule has 1 aliphatic carbocycles. The molecular weight excluding hydrogens is 260 g/mol. The van der Waals surface area contributed by atoms with Gasteiger partial charge < -0.3 is 15.2 Å². The number of hydrogen-bond donors (Lipinski definition) is 2. The van der Waals surface area contributed by atoms with Gasteiger partial charge in [0.15, 0.2) is 0 Å². The zero-order valence-corrected chi connectivity index (χ0v) is 11.2. The first-order valence-corrected chi connectivity index (χ1v) is 7.09. The van der Waals surface area contributed by atoms with Gasteiger partial charge >= 0.3 is 6.03 Å². The maximum atomic E-state index is 12.1. The average Bonchev–Trinajstić information content (AvgIpc) is 2.95. The van der Waals surface area contributed by atoms with Crippen LogP contribution in [0.25, 0.3) is 0 Å². The van der Waals surface area contributed by atoms with Gasteiger partial charge in [-0.3, -0.25) is 5.21 Å². The Bertz CT molecular complexity index is 554. The predicted octanol–water partition coefficient (Wildman–Crippen LogP) is 0.896. The number of piperidine rings is 1. The first-order chi connectivity index (χ1) is 9.64. The highest BCUT2D eigenvalue weighted by molar-refractivity contribution is 5.77. The number of nitrogens with two attached hydrogens (primary N) is 1. The van der Waals surface area contributed by atoms with E-state index in [1.54, 1.807) is 4.90 Å². The fourth-order valence-corrected chi connectivity index (χ4v) is 3.66. The molecule has 0 aromatic carbocycles. The van der Waals surface area contributed by atoms with Gasteiger partial charge in [0.2, 0.25) is 0 Å². The highest BCUT2D eigenvalue weighted by atomic mass is 16.5. The Hall–Kier alpha value is -1.60. The third kappa shape index (κ3) is 1.53. The molecule has 1 saturated carbocycles. The van der Waals surface area contributed by atoms with E-state index in [1.165, 1.54) is 0 Å². The maximum Gasteiger partial charge on any atom is 0.344 e. The van der Waals surface area contributed by atoms with Crippen molar-refractivity contribution in [2.24, 2.45) is 11.1 Å². The van der Waals surface area contributed by atoms with Crippen LogP contribution in [-0.4, -0.2) is 45.5 Å². The maximum absolute atomic E-state index is 12.1. The largest absolute Gasteiger partial charge is 0.361 e. The van der Waals surface area contributed by atoms with E-state index in [4.69, 9.17) is 10.3 Å². The molecule has 2 saturated heterocycles. The molecule has 2 atom stereocenters. The standard InChI is InChI=1S/C13H18N4O3/c14-4-1-8-5-9(15-20-8)10-6-13(2-3-13)11-7-16(10)12(18)17(11)19/h5,10-11,19H,1-4,6-7,14H2/t10-,11?/m0/s1. The molecule has 1 aromatic rings. The molecule has 3 fully saturated rings. The Kier molecular flexibility index (Phi) is 2.41. The minimum absolute atomic E-state index is 0.0540. The van der Waals surface area contributed by atoms with E-state index in [2.05, 4.69) is 5.16 Å². The molecule has 108 valence electrons. The quantitative estimate of drug-likeness (QED) is 0.801. The summed E-state index contributed by atoms with van der Waals surface area (Å²) in [4.78, 5) is 13.8. The van der Waals surface area contributed by atoms with Crippen molar-refractivity contribution in [3.8, 4) is 0 Å². The Morgan fingerprint density at radius 3 is 3.05 bits per heavy atom. The van der Waals surface area contributed by atoms with Crippen LogP contribution in [0.5, 0.6) is 0 Å². The normalized spacial score (nSPS) is 30.4. The summed E-state index contributed by atoms with van der Waals surface area (Å²) in [6, 6.07) is 1.43. The van der Waals surface area contributed by atoms with Crippen LogP contribution in [-0.2, 0) is 6.42 Å². The number of amides is 2. The number of fused-ring (bicyclic) bond motifs is 3. The number of hydroxylamine groups is 2. The SMILES string of the molecule is NCCc1cc([C@@H]2CC3(CC3)C3CN2C(=O)N3O)no1. The minimum Gasteiger partial charge on any atom is -0.361 e. The second-order valence-electron chi connectivity index (χ2n) is 6.13. The molecule has 3 N–H and O–H groups in total. The molecule has 3 heterocycles. The predicted molar refractivity (Wildman–Crippen MR) is 67.8 cm³/mol. The summed E-state index contributed by atoms with van der Waals surface area (Å²) in [6.07, 6.45) is 3.64. The monoisotopic (exact) mass is 278 g/mol. The fourth-order valence-electron chi connectivity index (χ4n) is 3.66. The van der Waals surface area contributed by atoms with E-state index in [-0.39, 0.29) is 23.5 Å². The zero-order valence-electron chi connectivity index (χ0n) is 11.2. The van der Waals surface area contributed by atoms with Crippen molar-refractivity contribution in [2.45, 2.75) is 37.8 Å². The highest BCUT2D eigenvalue weighted by Crippen LogP contribution is 2.61. The Labute approximate surface area is 116 Å². The van der Waals surface area contributed by atoms with Crippen LogP contribution in [0, 0.1) is 5.41 Å². The molecule has 4 rings (SSSR count). The minimum atomic E-state index is -0.313. The van der Waals surface area contributed by atoms with Crippen LogP contribution in [0.4, 0.5) is 4.79 Å². The number of urea groups is 1. The van der Waals surface area contributed by atoms with Crippen molar-refractivity contribution < 1.29 is 14.5 Å². The van der Waals surface area contributed by atoms with E-state index >= 15 is 0 Å². The highest BCUT2D eigenvalue weighted by Gasteiger charge is 2.63. The fraction of sp³-hybridized carbons (Fsp3) is 0.692. The molecule has 2 bridgehead atoms. The van der Waals surface area contributed by atoms with Crippen molar-refractivity contribution in [2.75, 3.05) is 13.1 Å².